The smallest absolute Gasteiger partial charge is 0.241 e. The molecule has 0 heterocycles. The van der Waals surface area contributed by atoms with Crippen molar-refractivity contribution in [1.29, 1.82) is 0 Å². The fourth-order valence-electron chi connectivity index (χ4n) is 2.60. The minimum Gasteiger partial charge on any atom is -0.351 e. The fraction of sp³-hybridized carbons (Fsp3) is 0.533. The van der Waals surface area contributed by atoms with E-state index in [4.69, 9.17) is 5.73 Å². The Kier molecular flexibility index (Phi) is 4.33. The van der Waals surface area contributed by atoms with E-state index in [1.165, 1.54) is 0 Å². The normalized spacial score (nSPS) is 21.1. The summed E-state index contributed by atoms with van der Waals surface area (Å²) in [4.78, 5) is 12.1. The van der Waals surface area contributed by atoms with Crippen LogP contribution in [0.1, 0.15) is 39.3 Å². The molecule has 1 atom stereocenters. The second-order valence-electron chi connectivity index (χ2n) is 6.27. The van der Waals surface area contributed by atoms with E-state index in [1.807, 2.05) is 30.3 Å². The summed E-state index contributed by atoms with van der Waals surface area (Å²) in [6, 6.07) is 9.09. The Morgan fingerprint density at radius 1 is 1.16 bits per heavy atom. The van der Waals surface area contributed by atoms with Crippen LogP contribution in [0.5, 0.6) is 0 Å². The van der Waals surface area contributed by atoms with Crippen molar-refractivity contribution in [1.82, 2.24) is 5.32 Å². The molecule has 1 saturated carbocycles. The van der Waals surface area contributed by atoms with Gasteiger partial charge in [0.2, 0.25) is 5.91 Å². The number of amides is 1. The summed E-state index contributed by atoms with van der Waals surface area (Å²) in [5.41, 5.74) is 7.11. The molecule has 1 fully saturated rings. The Morgan fingerprint density at radius 2 is 1.63 bits per heavy atom. The Balaban J connectivity index is 0.00000180. The van der Waals surface area contributed by atoms with Gasteiger partial charge in [-0.15, -0.1) is 12.4 Å². The molecule has 3 N–H and O–H groups in total. The molecule has 19 heavy (non-hydrogen) atoms. The molecule has 106 valence electrons. The van der Waals surface area contributed by atoms with Gasteiger partial charge in [-0.1, -0.05) is 58.0 Å². The Hall–Kier alpha value is -1.06. The van der Waals surface area contributed by atoms with Crippen LogP contribution < -0.4 is 11.1 Å². The predicted molar refractivity (Wildman–Crippen MR) is 80.1 cm³/mol. The molecular formula is C15H23ClN2O. The molecule has 1 aromatic rings. The summed E-state index contributed by atoms with van der Waals surface area (Å²) in [6.07, 6.45) is 0. The molecule has 0 spiro atoms. The van der Waals surface area contributed by atoms with Crippen molar-refractivity contribution < 1.29 is 4.79 Å². The third kappa shape index (κ3) is 2.63. The van der Waals surface area contributed by atoms with Gasteiger partial charge in [0.1, 0.15) is 6.04 Å². The van der Waals surface area contributed by atoms with Gasteiger partial charge in [-0.3, -0.25) is 4.79 Å². The molecule has 1 aromatic carbocycles. The quantitative estimate of drug-likeness (QED) is 0.895. The minimum absolute atomic E-state index is 0. The van der Waals surface area contributed by atoms with E-state index in [1.54, 1.807) is 0 Å². The van der Waals surface area contributed by atoms with Gasteiger partial charge < -0.3 is 11.1 Å². The zero-order chi connectivity index (χ0) is 13.6. The van der Waals surface area contributed by atoms with Crippen molar-refractivity contribution in [3.05, 3.63) is 35.9 Å². The highest BCUT2D eigenvalue weighted by Crippen LogP contribution is 2.62. The highest BCUT2D eigenvalue weighted by atomic mass is 35.5. The number of benzene rings is 1. The third-order valence-electron chi connectivity index (χ3n) is 4.75. The second-order valence-corrected chi connectivity index (χ2v) is 6.27. The summed E-state index contributed by atoms with van der Waals surface area (Å²) in [6.45, 7) is 8.69. The van der Waals surface area contributed by atoms with Crippen LogP contribution in [0.3, 0.4) is 0 Å². The first-order chi connectivity index (χ1) is 8.28. The van der Waals surface area contributed by atoms with Crippen LogP contribution in [-0.4, -0.2) is 11.9 Å². The number of hydrogen-bond acceptors (Lipinski definition) is 2. The highest BCUT2D eigenvalue weighted by Gasteiger charge is 2.65. The summed E-state index contributed by atoms with van der Waals surface area (Å²) < 4.78 is 0. The van der Waals surface area contributed by atoms with Gasteiger partial charge in [-0.05, 0) is 16.4 Å². The first kappa shape index (κ1) is 16.0. The van der Waals surface area contributed by atoms with Crippen molar-refractivity contribution >= 4 is 18.3 Å². The number of nitrogens with one attached hydrogen (secondary N) is 1. The first-order valence-electron chi connectivity index (χ1n) is 6.39. The average Bonchev–Trinajstić information content (AvgIpc) is 2.72. The Labute approximate surface area is 121 Å². The maximum atomic E-state index is 12.1. The molecule has 0 saturated heterocycles. The molecular weight excluding hydrogens is 260 g/mol. The van der Waals surface area contributed by atoms with E-state index in [-0.39, 0.29) is 35.2 Å². The molecule has 1 unspecified atom stereocenters. The molecule has 3 nitrogen and oxygen atoms in total. The van der Waals surface area contributed by atoms with Crippen molar-refractivity contribution in [2.75, 3.05) is 0 Å². The van der Waals surface area contributed by atoms with E-state index >= 15 is 0 Å². The lowest BCUT2D eigenvalue weighted by atomic mass is 10.0. The number of hydrogen-bond donors (Lipinski definition) is 2. The molecule has 4 heteroatoms. The van der Waals surface area contributed by atoms with Crippen LogP contribution in [0, 0.1) is 10.8 Å². The number of carbonyl (C=O) groups excluding carboxylic acids is 1. The fourth-order valence-corrected chi connectivity index (χ4v) is 2.60. The zero-order valence-electron chi connectivity index (χ0n) is 11.9. The Morgan fingerprint density at radius 3 is 2.05 bits per heavy atom. The lowest BCUT2D eigenvalue weighted by Gasteiger charge is -2.13. The van der Waals surface area contributed by atoms with Gasteiger partial charge in [0.05, 0.1) is 0 Å². The van der Waals surface area contributed by atoms with E-state index in [9.17, 15) is 4.79 Å². The van der Waals surface area contributed by atoms with Crippen molar-refractivity contribution in [3.63, 3.8) is 0 Å². The van der Waals surface area contributed by atoms with Gasteiger partial charge in [0.15, 0.2) is 0 Å². The zero-order valence-corrected chi connectivity index (χ0v) is 12.8. The number of halogens is 1. The van der Waals surface area contributed by atoms with Crippen LogP contribution in [0.25, 0.3) is 0 Å². The monoisotopic (exact) mass is 282 g/mol. The SMILES string of the molecule is CC1(C)C(NC(=O)C(N)c2ccccc2)C1(C)C.Cl. The number of carbonyl (C=O) groups is 1. The maximum Gasteiger partial charge on any atom is 0.241 e. The van der Waals surface area contributed by atoms with Crippen molar-refractivity contribution in [2.24, 2.45) is 16.6 Å². The lowest BCUT2D eigenvalue weighted by molar-refractivity contribution is -0.122. The highest BCUT2D eigenvalue weighted by molar-refractivity contribution is 5.85. The minimum atomic E-state index is -0.585. The van der Waals surface area contributed by atoms with Crippen LogP contribution in [0.2, 0.25) is 0 Å². The number of rotatable bonds is 3. The summed E-state index contributed by atoms with van der Waals surface area (Å²) in [5, 5.41) is 3.07. The Bertz CT molecular complexity index is 442. The van der Waals surface area contributed by atoms with Crippen LogP contribution in [0.15, 0.2) is 30.3 Å². The van der Waals surface area contributed by atoms with E-state index < -0.39 is 6.04 Å². The van der Waals surface area contributed by atoms with Crippen LogP contribution >= 0.6 is 12.4 Å². The third-order valence-corrected chi connectivity index (χ3v) is 4.75. The molecule has 0 aromatic heterocycles. The van der Waals surface area contributed by atoms with Gasteiger partial charge in [0.25, 0.3) is 0 Å². The van der Waals surface area contributed by atoms with E-state index in [0.29, 0.717) is 0 Å². The topological polar surface area (TPSA) is 55.1 Å². The second kappa shape index (κ2) is 5.14. The molecule has 0 aliphatic heterocycles. The van der Waals surface area contributed by atoms with E-state index in [0.717, 1.165) is 5.56 Å². The number of nitrogens with two attached hydrogens (primary N) is 1. The summed E-state index contributed by atoms with van der Waals surface area (Å²) in [5.74, 6) is -0.0927. The molecule has 1 aliphatic rings. The van der Waals surface area contributed by atoms with Crippen molar-refractivity contribution in [3.8, 4) is 0 Å². The molecule has 2 rings (SSSR count). The van der Waals surface area contributed by atoms with Crippen LogP contribution in [-0.2, 0) is 4.79 Å². The summed E-state index contributed by atoms with van der Waals surface area (Å²) >= 11 is 0. The lowest BCUT2D eigenvalue weighted by Crippen LogP contribution is -2.37. The van der Waals surface area contributed by atoms with Crippen molar-refractivity contribution in [2.45, 2.75) is 39.8 Å². The van der Waals surface area contributed by atoms with E-state index in [2.05, 4.69) is 33.0 Å². The largest absolute Gasteiger partial charge is 0.351 e. The molecule has 0 bridgehead atoms. The standard InChI is InChI=1S/C15H22N2O.ClH/c1-14(2)13(15(14,3)4)17-12(18)11(16)10-8-6-5-7-9-10;/h5-9,11,13H,16H2,1-4H3,(H,17,18);1H. The van der Waals surface area contributed by atoms with Gasteiger partial charge in [-0.2, -0.15) is 0 Å². The molecule has 1 aliphatic carbocycles. The maximum absolute atomic E-state index is 12.1. The van der Waals surface area contributed by atoms with Gasteiger partial charge in [0, 0.05) is 6.04 Å². The average molecular weight is 283 g/mol. The van der Waals surface area contributed by atoms with Gasteiger partial charge >= 0.3 is 0 Å². The summed E-state index contributed by atoms with van der Waals surface area (Å²) in [7, 11) is 0. The van der Waals surface area contributed by atoms with Crippen LogP contribution in [0.4, 0.5) is 0 Å². The predicted octanol–water partition coefficient (Wildman–Crippen LogP) is 2.66. The van der Waals surface area contributed by atoms with Gasteiger partial charge in [-0.25, -0.2) is 0 Å². The molecule has 0 radical (unpaired) electrons. The first-order valence-corrected chi connectivity index (χ1v) is 6.39. The molecule has 1 amide bonds.